The molecule has 0 aromatic rings. The average Bonchev–Trinajstić information content (AvgIpc) is 1.83. The predicted molar refractivity (Wildman–Crippen MR) is 35.7 cm³/mol. The van der Waals surface area contributed by atoms with Crippen LogP contribution in [0.3, 0.4) is 0 Å². The molecule has 1 heteroatoms. The number of hydrogen-bond acceptors (Lipinski definition) is 1. The summed E-state index contributed by atoms with van der Waals surface area (Å²) >= 11 is 0. The molecule has 0 heterocycles. The van der Waals surface area contributed by atoms with E-state index in [1.807, 2.05) is 13.0 Å². The normalized spacial score (nSPS) is 14.1. The monoisotopic (exact) mass is 112 g/mol. The first-order chi connectivity index (χ1) is 3.81. The minimum Gasteiger partial charge on any atom is -0.516 e. The summed E-state index contributed by atoms with van der Waals surface area (Å²) in [6, 6.07) is 0. The number of hydrogen-bond donors (Lipinski definition) is 1. The average molecular weight is 112 g/mol. The van der Waals surface area contributed by atoms with E-state index in [2.05, 4.69) is 6.58 Å². The first-order valence-corrected chi connectivity index (χ1v) is 2.73. The molecule has 0 saturated carbocycles. The summed E-state index contributed by atoms with van der Waals surface area (Å²) in [5.41, 5.74) is 0. The molecule has 1 nitrogen and oxygen atoms in total. The minimum absolute atomic E-state index is 0.471. The van der Waals surface area contributed by atoms with Crippen LogP contribution in [0.1, 0.15) is 13.3 Å². The maximum absolute atomic E-state index is 8.20. The predicted octanol–water partition coefficient (Wildman–Crippen LogP) is 2.27. The first kappa shape index (κ1) is 7.28. The van der Waals surface area contributed by atoms with Crippen molar-refractivity contribution in [3.8, 4) is 0 Å². The van der Waals surface area contributed by atoms with Gasteiger partial charge < -0.3 is 5.11 Å². The molecule has 0 amide bonds. The zero-order valence-corrected chi connectivity index (χ0v) is 5.17. The highest BCUT2D eigenvalue weighted by Gasteiger charge is 1.88. The molecule has 8 heavy (non-hydrogen) atoms. The largest absolute Gasteiger partial charge is 0.516 e. The Morgan fingerprint density at radius 2 is 2.38 bits per heavy atom. The van der Waals surface area contributed by atoms with Gasteiger partial charge in [0.1, 0.15) is 0 Å². The van der Waals surface area contributed by atoms with Crippen molar-refractivity contribution in [2.45, 2.75) is 13.3 Å². The van der Waals surface area contributed by atoms with E-state index >= 15 is 0 Å². The summed E-state index contributed by atoms with van der Waals surface area (Å²) in [4.78, 5) is 0. The van der Waals surface area contributed by atoms with E-state index in [1.165, 1.54) is 0 Å². The molecule has 0 bridgehead atoms. The van der Waals surface area contributed by atoms with Crippen molar-refractivity contribution in [2.75, 3.05) is 0 Å². The van der Waals surface area contributed by atoms with Gasteiger partial charge in [-0.25, -0.2) is 0 Å². The summed E-state index contributed by atoms with van der Waals surface area (Å²) in [5.74, 6) is 0.471. The molecular weight excluding hydrogens is 100 g/mol. The third-order valence-electron chi connectivity index (χ3n) is 1.02. The highest BCUT2D eigenvalue weighted by Crippen LogP contribution is 2.01. The van der Waals surface area contributed by atoms with Crippen LogP contribution in [0, 0.1) is 5.92 Å². The number of allylic oxidation sites excluding steroid dienone is 2. The smallest absolute Gasteiger partial charge is 0.0751 e. The summed E-state index contributed by atoms with van der Waals surface area (Å²) in [5, 5.41) is 8.20. The van der Waals surface area contributed by atoms with Crippen LogP contribution < -0.4 is 0 Å². The van der Waals surface area contributed by atoms with Crippen LogP contribution in [0.4, 0.5) is 0 Å². The van der Waals surface area contributed by atoms with Crippen molar-refractivity contribution in [3.05, 3.63) is 25.0 Å². The van der Waals surface area contributed by atoms with Gasteiger partial charge >= 0.3 is 0 Å². The van der Waals surface area contributed by atoms with Gasteiger partial charge in [0.05, 0.1) is 6.26 Å². The van der Waals surface area contributed by atoms with Crippen molar-refractivity contribution in [3.63, 3.8) is 0 Å². The van der Waals surface area contributed by atoms with Gasteiger partial charge in [0.2, 0.25) is 0 Å². The van der Waals surface area contributed by atoms with Gasteiger partial charge in [0.15, 0.2) is 0 Å². The second-order valence-electron chi connectivity index (χ2n) is 1.83. The molecule has 0 aromatic heterocycles. The molecular formula is C7H12O. The summed E-state index contributed by atoms with van der Waals surface area (Å²) in [7, 11) is 0. The molecule has 0 saturated heterocycles. The van der Waals surface area contributed by atoms with E-state index in [9.17, 15) is 0 Å². The van der Waals surface area contributed by atoms with E-state index < -0.39 is 0 Å². The quantitative estimate of drug-likeness (QED) is 0.438. The molecule has 1 atom stereocenters. The lowest BCUT2D eigenvalue weighted by molar-refractivity contribution is 0.469. The molecule has 0 radical (unpaired) electrons. The molecule has 0 aliphatic rings. The fraction of sp³-hybridized carbons (Fsp3) is 0.429. The Bertz CT molecular complexity index is 84.4. The van der Waals surface area contributed by atoms with Crippen LogP contribution in [-0.4, -0.2) is 5.11 Å². The number of aliphatic hydroxyl groups is 1. The summed E-state index contributed by atoms with van der Waals surface area (Å²) in [6.07, 6.45) is 5.52. The topological polar surface area (TPSA) is 20.2 Å². The Morgan fingerprint density at radius 3 is 2.75 bits per heavy atom. The molecule has 0 rings (SSSR count). The van der Waals surface area contributed by atoms with Crippen LogP contribution in [0.5, 0.6) is 0 Å². The van der Waals surface area contributed by atoms with E-state index in [1.54, 1.807) is 6.08 Å². The molecule has 0 spiro atoms. The lowest BCUT2D eigenvalue weighted by Crippen LogP contribution is -1.83. The van der Waals surface area contributed by atoms with E-state index in [0.717, 1.165) is 12.7 Å². The van der Waals surface area contributed by atoms with Gasteiger partial charge in [-0.1, -0.05) is 13.0 Å². The van der Waals surface area contributed by atoms with Gasteiger partial charge in [-0.15, -0.1) is 6.58 Å². The lowest BCUT2D eigenvalue weighted by atomic mass is 10.1. The van der Waals surface area contributed by atoms with Gasteiger partial charge in [-0.3, -0.25) is 0 Å². The first-order valence-electron chi connectivity index (χ1n) is 2.73. The highest BCUT2D eigenvalue weighted by molar-refractivity contribution is 4.83. The molecule has 0 aliphatic heterocycles. The zero-order chi connectivity index (χ0) is 6.41. The van der Waals surface area contributed by atoms with E-state index in [4.69, 9.17) is 5.11 Å². The van der Waals surface area contributed by atoms with Crippen LogP contribution in [0.25, 0.3) is 0 Å². The molecule has 1 unspecified atom stereocenters. The maximum atomic E-state index is 8.20. The minimum atomic E-state index is 0.471. The van der Waals surface area contributed by atoms with Crippen molar-refractivity contribution in [1.29, 1.82) is 0 Å². The standard InChI is InChI=1S/C7H12O/c1-3-7(2)5-4-6-8/h3-4,6-8H,1,5H2,2H3. The Balaban J connectivity index is 3.23. The van der Waals surface area contributed by atoms with Crippen molar-refractivity contribution in [1.82, 2.24) is 0 Å². The second kappa shape index (κ2) is 4.44. The number of aliphatic hydroxyl groups excluding tert-OH is 1. The molecule has 1 N–H and O–H groups in total. The van der Waals surface area contributed by atoms with Crippen LogP contribution >= 0.6 is 0 Å². The summed E-state index contributed by atoms with van der Waals surface area (Å²) < 4.78 is 0. The van der Waals surface area contributed by atoms with Crippen LogP contribution in [-0.2, 0) is 0 Å². The maximum Gasteiger partial charge on any atom is 0.0751 e. The Hall–Kier alpha value is -0.720. The van der Waals surface area contributed by atoms with Crippen molar-refractivity contribution < 1.29 is 5.11 Å². The van der Waals surface area contributed by atoms with Crippen molar-refractivity contribution >= 4 is 0 Å². The Morgan fingerprint density at radius 1 is 1.75 bits per heavy atom. The third-order valence-corrected chi connectivity index (χ3v) is 1.02. The van der Waals surface area contributed by atoms with Crippen LogP contribution in [0.15, 0.2) is 25.0 Å². The summed E-state index contributed by atoms with van der Waals surface area (Å²) in [6.45, 7) is 5.65. The Kier molecular flexibility index (Phi) is 4.04. The van der Waals surface area contributed by atoms with Gasteiger partial charge in [0.25, 0.3) is 0 Å². The van der Waals surface area contributed by atoms with Gasteiger partial charge in [0, 0.05) is 0 Å². The van der Waals surface area contributed by atoms with Gasteiger partial charge in [-0.2, -0.15) is 0 Å². The van der Waals surface area contributed by atoms with Gasteiger partial charge in [-0.05, 0) is 18.4 Å². The molecule has 46 valence electrons. The molecule has 0 aromatic carbocycles. The lowest BCUT2D eigenvalue weighted by Gasteiger charge is -1.96. The highest BCUT2D eigenvalue weighted by atomic mass is 16.2. The van der Waals surface area contributed by atoms with Crippen LogP contribution in [0.2, 0.25) is 0 Å². The zero-order valence-electron chi connectivity index (χ0n) is 5.17. The van der Waals surface area contributed by atoms with E-state index in [-0.39, 0.29) is 0 Å². The SMILES string of the molecule is C=CC(C)CC=CO. The fourth-order valence-corrected chi connectivity index (χ4v) is 0.372. The third kappa shape index (κ3) is 3.47. The second-order valence-corrected chi connectivity index (χ2v) is 1.83. The van der Waals surface area contributed by atoms with E-state index in [0.29, 0.717) is 5.92 Å². The fourth-order valence-electron chi connectivity index (χ4n) is 0.372. The molecule has 0 fully saturated rings. The number of rotatable bonds is 3. The Labute approximate surface area is 50.3 Å². The molecule has 0 aliphatic carbocycles. The van der Waals surface area contributed by atoms with Crippen molar-refractivity contribution in [2.24, 2.45) is 5.92 Å².